The van der Waals surface area contributed by atoms with E-state index in [2.05, 4.69) is 13.0 Å². The van der Waals surface area contributed by atoms with Gasteiger partial charge in [0.25, 0.3) is 0 Å². The average molecular weight is 361 g/mol. The molecule has 0 radical (unpaired) electrons. The predicted octanol–water partition coefficient (Wildman–Crippen LogP) is 2.86. The molecule has 1 aromatic rings. The molecule has 0 aliphatic heterocycles. The molecule has 1 aromatic carbocycles. The molecular weight excluding hydrogens is 338 g/mol. The molecule has 0 saturated heterocycles. The van der Waals surface area contributed by atoms with Gasteiger partial charge in [-0.25, -0.2) is 0 Å². The molecule has 0 unspecified atom stereocenters. The summed E-state index contributed by atoms with van der Waals surface area (Å²) < 4.78 is 27.1. The number of fused-ring (bicyclic) bond motifs is 5. The van der Waals surface area contributed by atoms with Crippen LogP contribution in [0.3, 0.4) is 0 Å². The largest absolute Gasteiger partial charge is 0.380 e. The summed E-state index contributed by atoms with van der Waals surface area (Å²) in [7, 11) is -4.00. The van der Waals surface area contributed by atoms with Crippen molar-refractivity contribution in [2.24, 2.45) is 22.4 Å². The van der Waals surface area contributed by atoms with Crippen LogP contribution in [0, 0.1) is 17.3 Å². The smallest absolute Gasteiger partial charge is 0.371 e. The lowest BCUT2D eigenvalue weighted by atomic mass is 9.54. The Balaban J connectivity index is 1.63. The first-order valence-electron chi connectivity index (χ1n) is 8.83. The Morgan fingerprint density at radius 1 is 1.32 bits per heavy atom. The summed E-state index contributed by atoms with van der Waals surface area (Å²) in [5, 5.41) is 4.96. The number of aldehydes is 1. The first-order chi connectivity index (χ1) is 11.8. The van der Waals surface area contributed by atoms with Crippen molar-refractivity contribution in [3.8, 4) is 5.75 Å². The highest BCUT2D eigenvalue weighted by atomic mass is 32.2. The van der Waals surface area contributed by atoms with Gasteiger partial charge >= 0.3 is 10.3 Å². The highest BCUT2D eigenvalue weighted by molar-refractivity contribution is 7.84. The van der Waals surface area contributed by atoms with Crippen LogP contribution in [0.2, 0.25) is 0 Å². The van der Waals surface area contributed by atoms with E-state index >= 15 is 0 Å². The fourth-order valence-electron chi connectivity index (χ4n) is 5.53. The van der Waals surface area contributed by atoms with Gasteiger partial charge in [-0.2, -0.15) is 13.6 Å². The van der Waals surface area contributed by atoms with Gasteiger partial charge in [0, 0.05) is 0 Å². The van der Waals surface area contributed by atoms with Gasteiger partial charge in [0.1, 0.15) is 12.0 Å². The number of nitrogens with two attached hydrogens (primary N) is 1. The quantitative estimate of drug-likeness (QED) is 0.839. The van der Waals surface area contributed by atoms with Crippen LogP contribution >= 0.6 is 0 Å². The van der Waals surface area contributed by atoms with E-state index < -0.39 is 10.3 Å². The third kappa shape index (κ3) is 2.72. The maximum atomic E-state index is 11.4. The van der Waals surface area contributed by atoms with E-state index in [9.17, 15) is 13.2 Å². The molecule has 0 aromatic heterocycles. The minimum absolute atomic E-state index is 0.0249. The van der Waals surface area contributed by atoms with E-state index in [0.717, 1.165) is 49.5 Å². The van der Waals surface area contributed by atoms with Crippen molar-refractivity contribution in [2.45, 2.75) is 44.9 Å². The molecule has 1 saturated carbocycles. The first-order valence-corrected chi connectivity index (χ1v) is 10.3. The topological polar surface area (TPSA) is 86.5 Å². The van der Waals surface area contributed by atoms with Gasteiger partial charge in [0.15, 0.2) is 0 Å². The third-order valence-corrected chi connectivity index (χ3v) is 7.10. The number of aryl methyl sites for hydroxylation is 1. The molecule has 1 fully saturated rings. The van der Waals surface area contributed by atoms with Gasteiger partial charge in [-0.05, 0) is 84.1 Å². The van der Waals surface area contributed by atoms with Crippen LogP contribution in [0.25, 0.3) is 0 Å². The Morgan fingerprint density at radius 3 is 2.84 bits per heavy atom. The first kappa shape index (κ1) is 16.8. The van der Waals surface area contributed by atoms with Gasteiger partial charge in [-0.1, -0.05) is 19.1 Å². The number of allylic oxidation sites excluding steroid dienone is 2. The Hall–Kier alpha value is -1.66. The molecule has 0 amide bonds. The standard InChI is InChI=1S/C19H23NO4S/c1-19-9-8-16-15-6-4-14(24-25(20,22)23)10-12(15)2-5-17(16)18(19)7-3-13(19)11-21/h3-4,6,10-11,16-18H,2,5,7-9H2,1H3,(H2,20,22,23)/t16-,17+,18-,19+/m0/s1. The van der Waals surface area contributed by atoms with Crippen molar-refractivity contribution in [3.05, 3.63) is 41.0 Å². The summed E-state index contributed by atoms with van der Waals surface area (Å²) in [5.74, 6) is 1.86. The summed E-state index contributed by atoms with van der Waals surface area (Å²) in [6.45, 7) is 2.25. The van der Waals surface area contributed by atoms with Crippen LogP contribution in [0.5, 0.6) is 5.75 Å². The van der Waals surface area contributed by atoms with Crippen LogP contribution in [-0.2, 0) is 21.5 Å². The summed E-state index contributed by atoms with van der Waals surface area (Å²) >= 11 is 0. The van der Waals surface area contributed by atoms with Crippen molar-refractivity contribution in [2.75, 3.05) is 0 Å². The second-order valence-electron chi connectivity index (χ2n) is 7.82. The maximum Gasteiger partial charge on any atom is 0.380 e. The van der Waals surface area contributed by atoms with Crippen molar-refractivity contribution in [1.82, 2.24) is 0 Å². The van der Waals surface area contributed by atoms with Gasteiger partial charge in [-0.3, -0.25) is 4.79 Å². The lowest BCUT2D eigenvalue weighted by Gasteiger charge is -2.49. The van der Waals surface area contributed by atoms with Gasteiger partial charge in [0.2, 0.25) is 0 Å². The molecule has 0 bridgehead atoms. The molecule has 2 N–H and O–H groups in total. The SMILES string of the molecule is C[C@]12CC[C@H]3c4ccc(OS(N)(=O)=O)cc4CC[C@H]3[C@@H]1CC=C2C=O. The normalized spacial score (nSPS) is 33.7. The highest BCUT2D eigenvalue weighted by Crippen LogP contribution is 2.60. The number of carbonyl (C=O) groups excluding carboxylic acids is 1. The molecule has 3 aliphatic carbocycles. The maximum absolute atomic E-state index is 11.4. The second-order valence-corrected chi connectivity index (χ2v) is 8.97. The molecule has 4 atom stereocenters. The van der Waals surface area contributed by atoms with E-state index in [1.54, 1.807) is 6.07 Å². The van der Waals surface area contributed by atoms with E-state index in [0.29, 0.717) is 17.8 Å². The molecule has 25 heavy (non-hydrogen) atoms. The van der Waals surface area contributed by atoms with Crippen molar-refractivity contribution < 1.29 is 17.4 Å². The van der Waals surface area contributed by atoms with Crippen LogP contribution in [-0.4, -0.2) is 14.7 Å². The third-order valence-electron chi connectivity index (χ3n) is 6.68. The van der Waals surface area contributed by atoms with Crippen LogP contribution in [0.4, 0.5) is 0 Å². The predicted molar refractivity (Wildman–Crippen MR) is 94.3 cm³/mol. The van der Waals surface area contributed by atoms with E-state index in [1.807, 2.05) is 12.1 Å². The van der Waals surface area contributed by atoms with E-state index in [-0.39, 0.29) is 11.2 Å². The summed E-state index contributed by atoms with van der Waals surface area (Å²) in [5.41, 5.74) is 3.47. The van der Waals surface area contributed by atoms with Crippen LogP contribution in [0.15, 0.2) is 29.8 Å². The van der Waals surface area contributed by atoms with Crippen LogP contribution < -0.4 is 9.32 Å². The molecule has 3 aliphatic rings. The van der Waals surface area contributed by atoms with Crippen molar-refractivity contribution in [1.29, 1.82) is 0 Å². The monoisotopic (exact) mass is 361 g/mol. The minimum Gasteiger partial charge on any atom is -0.371 e. The lowest BCUT2D eigenvalue weighted by molar-refractivity contribution is -0.106. The van der Waals surface area contributed by atoms with E-state index in [4.69, 9.17) is 9.32 Å². The van der Waals surface area contributed by atoms with Crippen LogP contribution in [0.1, 0.15) is 49.7 Å². The zero-order chi connectivity index (χ0) is 17.8. The lowest BCUT2D eigenvalue weighted by Crippen LogP contribution is -2.41. The Labute approximate surface area is 148 Å². The number of hydrogen-bond acceptors (Lipinski definition) is 4. The number of benzene rings is 1. The number of rotatable bonds is 3. The fourth-order valence-corrected chi connectivity index (χ4v) is 5.90. The second kappa shape index (κ2) is 5.68. The molecule has 0 heterocycles. The van der Waals surface area contributed by atoms with Gasteiger partial charge in [-0.15, -0.1) is 0 Å². The van der Waals surface area contributed by atoms with Crippen molar-refractivity contribution >= 4 is 16.6 Å². The molecule has 5 nitrogen and oxygen atoms in total. The van der Waals surface area contributed by atoms with E-state index in [1.165, 1.54) is 5.56 Å². The Morgan fingerprint density at radius 2 is 2.12 bits per heavy atom. The fraction of sp³-hybridized carbons (Fsp3) is 0.526. The van der Waals surface area contributed by atoms with Gasteiger partial charge in [0.05, 0.1) is 0 Å². The summed E-state index contributed by atoms with van der Waals surface area (Å²) in [6, 6.07) is 5.51. The minimum atomic E-state index is -4.00. The Kier molecular flexibility index (Phi) is 3.81. The average Bonchev–Trinajstić information content (AvgIpc) is 2.89. The molecule has 4 rings (SSSR count). The molecule has 0 spiro atoms. The van der Waals surface area contributed by atoms with Gasteiger partial charge < -0.3 is 4.18 Å². The van der Waals surface area contributed by atoms with Crippen molar-refractivity contribution in [3.63, 3.8) is 0 Å². The Bertz CT molecular complexity index is 860. The molecular formula is C19H23NO4S. The molecule has 6 heteroatoms. The summed E-state index contributed by atoms with van der Waals surface area (Å²) in [4.78, 5) is 11.4. The number of carbonyl (C=O) groups is 1. The molecule has 134 valence electrons. The zero-order valence-corrected chi connectivity index (χ0v) is 15.1. The number of hydrogen-bond donors (Lipinski definition) is 1. The summed E-state index contributed by atoms with van der Waals surface area (Å²) in [6.07, 6.45) is 8.24. The highest BCUT2D eigenvalue weighted by Gasteiger charge is 2.51. The zero-order valence-electron chi connectivity index (χ0n) is 14.3.